The summed E-state index contributed by atoms with van der Waals surface area (Å²) in [6.07, 6.45) is 1.11. The zero-order valence-corrected chi connectivity index (χ0v) is 29.1. The second-order valence-electron chi connectivity index (χ2n) is 13.0. The fourth-order valence-electron chi connectivity index (χ4n) is 5.59. The van der Waals surface area contributed by atoms with Crippen molar-refractivity contribution in [2.75, 3.05) is 5.75 Å². The predicted molar refractivity (Wildman–Crippen MR) is 183 cm³/mol. The van der Waals surface area contributed by atoms with Crippen LogP contribution in [0.2, 0.25) is 0 Å². The van der Waals surface area contributed by atoms with Crippen LogP contribution in [0.15, 0.2) is 53.0 Å². The topological polar surface area (TPSA) is 160 Å². The molecular weight excluding hydrogens is 620 g/mol. The normalized spacial score (nSPS) is 30.2. The van der Waals surface area contributed by atoms with Gasteiger partial charge in [0.1, 0.15) is 30.3 Å². The van der Waals surface area contributed by atoms with Gasteiger partial charge in [-0.25, -0.2) is 4.99 Å². The Morgan fingerprint density at radius 3 is 2.30 bits per heavy atom. The van der Waals surface area contributed by atoms with Gasteiger partial charge in [-0.15, -0.1) is 18.3 Å². The molecule has 13 heteroatoms. The Bertz CT molecular complexity index is 1400. The lowest BCUT2D eigenvalue weighted by molar-refractivity contribution is -0.138. The molecule has 4 N–H and O–H groups in total. The summed E-state index contributed by atoms with van der Waals surface area (Å²) in [5.41, 5.74) is 0.0923. The molecule has 12 nitrogen and oxygen atoms in total. The molecule has 0 aromatic heterocycles. The fourth-order valence-corrected chi connectivity index (χ4v) is 6.66. The van der Waals surface area contributed by atoms with E-state index in [0.717, 1.165) is 5.56 Å². The largest absolute Gasteiger partial charge is 0.474 e. The van der Waals surface area contributed by atoms with Crippen LogP contribution in [0.5, 0.6) is 0 Å². The molecule has 256 valence electrons. The van der Waals surface area contributed by atoms with Gasteiger partial charge in [0, 0.05) is 12.2 Å². The number of nitrogens with zero attached hydrogens (tertiary/aromatic N) is 2. The first-order valence-electron chi connectivity index (χ1n) is 16.2. The van der Waals surface area contributed by atoms with Crippen LogP contribution in [-0.4, -0.2) is 94.4 Å². The second-order valence-corrected chi connectivity index (χ2v) is 14.0. The molecule has 3 aliphatic rings. The Morgan fingerprint density at radius 2 is 1.64 bits per heavy atom. The van der Waals surface area contributed by atoms with E-state index in [1.54, 1.807) is 40.7 Å². The van der Waals surface area contributed by atoms with Crippen molar-refractivity contribution in [1.82, 2.24) is 21.3 Å². The van der Waals surface area contributed by atoms with Crippen molar-refractivity contribution in [1.29, 1.82) is 0 Å². The molecule has 4 bridgehead atoms. The highest BCUT2D eigenvalue weighted by Crippen LogP contribution is 2.24. The summed E-state index contributed by atoms with van der Waals surface area (Å²) in [6, 6.07) is 4.58. The Balaban J connectivity index is 1.77. The third-order valence-corrected chi connectivity index (χ3v) is 9.95. The zero-order chi connectivity index (χ0) is 34.5. The van der Waals surface area contributed by atoms with E-state index in [4.69, 9.17) is 9.47 Å². The number of hydrogen-bond acceptors (Lipinski definition) is 9. The maximum atomic E-state index is 14.2. The van der Waals surface area contributed by atoms with Gasteiger partial charge in [0.2, 0.25) is 29.5 Å². The molecule has 0 saturated heterocycles. The number of aliphatic imine (C=N–C) groups is 2. The average molecular weight is 669 g/mol. The van der Waals surface area contributed by atoms with Crippen molar-refractivity contribution in [3.8, 4) is 0 Å². The molecule has 3 unspecified atom stereocenters. The summed E-state index contributed by atoms with van der Waals surface area (Å²) in [6.45, 7) is 16.5. The van der Waals surface area contributed by atoms with Gasteiger partial charge in [-0.3, -0.25) is 24.2 Å². The molecule has 47 heavy (non-hydrogen) atoms. The SMILES string of the molecule is C=CC(C)(C)OC(C)[C@@H]1NC(=O)[C@H](C(C)CC)NC(=O)[C@H]2CSC(=N2)[C@H](C)NC(=O)[C@H]2N=C(OC2C)[C@H](Cc2ccccc2)NC1=O. The lowest BCUT2D eigenvalue weighted by Gasteiger charge is -2.33. The van der Waals surface area contributed by atoms with Crippen molar-refractivity contribution in [3.63, 3.8) is 0 Å². The minimum atomic E-state index is -1.17. The highest BCUT2D eigenvalue weighted by atomic mass is 32.2. The standard InChI is InChI=1S/C34H48N6O6S/c1-9-18(3)25-29(42)39-27(21(6)46-34(7,8)10-2)31(44)36-23(16-22-14-12-11-13-15-22)32-40-26(20(5)45-32)30(43)35-19(4)33-37-24(17-47-33)28(41)38-25/h10-15,18-21,23-27H,2,9,16-17H2,1,3-8H3,(H,35,43)(H,36,44)(H,38,41)(H,39,42)/t18?,19-,20?,21?,23-,24+,25-,26-,27-/m0/s1. The van der Waals surface area contributed by atoms with Crippen molar-refractivity contribution in [3.05, 3.63) is 48.6 Å². The van der Waals surface area contributed by atoms with E-state index in [2.05, 4.69) is 37.8 Å². The minimum Gasteiger partial charge on any atom is -0.474 e. The highest BCUT2D eigenvalue weighted by Gasteiger charge is 2.41. The first-order chi connectivity index (χ1) is 22.2. The van der Waals surface area contributed by atoms with E-state index < -0.39 is 71.8 Å². The summed E-state index contributed by atoms with van der Waals surface area (Å²) in [5, 5.41) is 12.4. The van der Waals surface area contributed by atoms with Crippen LogP contribution in [-0.2, 0) is 35.1 Å². The van der Waals surface area contributed by atoms with E-state index in [-0.39, 0.29) is 17.7 Å². The molecule has 3 heterocycles. The number of amides is 4. The van der Waals surface area contributed by atoms with E-state index in [0.29, 0.717) is 23.6 Å². The van der Waals surface area contributed by atoms with Gasteiger partial charge >= 0.3 is 0 Å². The number of ether oxygens (including phenoxy) is 2. The van der Waals surface area contributed by atoms with Crippen LogP contribution >= 0.6 is 11.8 Å². The van der Waals surface area contributed by atoms with Gasteiger partial charge in [0.05, 0.1) is 22.8 Å². The van der Waals surface area contributed by atoms with Crippen LogP contribution < -0.4 is 21.3 Å². The van der Waals surface area contributed by atoms with Crippen LogP contribution in [0.1, 0.15) is 60.5 Å². The van der Waals surface area contributed by atoms with E-state index in [1.165, 1.54) is 11.8 Å². The molecule has 0 aliphatic carbocycles. The second kappa shape index (κ2) is 15.5. The van der Waals surface area contributed by atoms with Crippen LogP contribution in [0, 0.1) is 5.92 Å². The number of nitrogens with one attached hydrogen (secondary N) is 4. The number of hydrogen-bond donors (Lipinski definition) is 4. The summed E-state index contributed by atoms with van der Waals surface area (Å²) in [5.74, 6) is -1.47. The lowest BCUT2D eigenvalue weighted by atomic mass is 9.97. The van der Waals surface area contributed by atoms with Crippen molar-refractivity contribution < 1.29 is 28.7 Å². The zero-order valence-electron chi connectivity index (χ0n) is 28.2. The Hall–Kier alpha value is -3.71. The Morgan fingerprint density at radius 1 is 0.979 bits per heavy atom. The van der Waals surface area contributed by atoms with E-state index >= 15 is 0 Å². The number of carbonyl (C=O) groups excluding carboxylic acids is 4. The van der Waals surface area contributed by atoms with Crippen LogP contribution in [0.4, 0.5) is 0 Å². The quantitative estimate of drug-likeness (QED) is 0.310. The van der Waals surface area contributed by atoms with Gasteiger partial charge < -0.3 is 30.7 Å². The maximum Gasteiger partial charge on any atom is 0.249 e. The predicted octanol–water partition coefficient (Wildman–Crippen LogP) is 2.32. The molecule has 0 spiro atoms. The molecule has 9 atom stereocenters. The molecule has 0 radical (unpaired) electrons. The summed E-state index contributed by atoms with van der Waals surface area (Å²) >= 11 is 1.39. The van der Waals surface area contributed by atoms with Crippen LogP contribution in [0.25, 0.3) is 0 Å². The smallest absolute Gasteiger partial charge is 0.249 e. The Labute approximate surface area is 281 Å². The third-order valence-electron chi connectivity index (χ3n) is 8.71. The highest BCUT2D eigenvalue weighted by molar-refractivity contribution is 8.14. The van der Waals surface area contributed by atoms with Gasteiger partial charge in [-0.05, 0) is 46.1 Å². The molecule has 1 aromatic rings. The number of carbonyl (C=O) groups is 4. The molecule has 4 rings (SSSR count). The minimum absolute atomic E-state index is 0.214. The molecule has 3 aliphatic heterocycles. The molecule has 0 fully saturated rings. The number of rotatable bonds is 8. The number of thioether (sulfide) groups is 1. The number of fused-ring (bicyclic) bond motifs is 2. The molecule has 0 saturated carbocycles. The molecule has 1 aromatic carbocycles. The maximum absolute atomic E-state index is 14.2. The van der Waals surface area contributed by atoms with Gasteiger partial charge in [-0.2, -0.15) is 0 Å². The molecular formula is C34H48N6O6S. The van der Waals surface area contributed by atoms with Crippen LogP contribution in [0.3, 0.4) is 0 Å². The van der Waals surface area contributed by atoms with Gasteiger partial charge in [0.15, 0.2) is 6.04 Å². The number of benzene rings is 1. The Kier molecular flexibility index (Phi) is 11.9. The first kappa shape index (κ1) is 36.1. The summed E-state index contributed by atoms with van der Waals surface area (Å²) in [7, 11) is 0. The van der Waals surface area contributed by atoms with Gasteiger partial charge in [-0.1, -0.05) is 56.7 Å². The third kappa shape index (κ3) is 9.01. The van der Waals surface area contributed by atoms with Crippen molar-refractivity contribution in [2.24, 2.45) is 15.9 Å². The van der Waals surface area contributed by atoms with E-state index in [9.17, 15) is 19.2 Å². The fraction of sp³-hybridized carbons (Fsp3) is 0.588. The summed E-state index contributed by atoms with van der Waals surface area (Å²) < 4.78 is 12.3. The lowest BCUT2D eigenvalue weighted by Crippen LogP contribution is -2.61. The average Bonchev–Trinajstić information content (AvgIpc) is 3.69. The van der Waals surface area contributed by atoms with Crippen molar-refractivity contribution in [2.45, 2.75) is 115 Å². The van der Waals surface area contributed by atoms with E-state index in [1.807, 2.05) is 44.2 Å². The van der Waals surface area contributed by atoms with Gasteiger partial charge in [0.25, 0.3) is 0 Å². The van der Waals surface area contributed by atoms with Crippen molar-refractivity contribution >= 4 is 46.3 Å². The summed E-state index contributed by atoms with van der Waals surface area (Å²) in [4.78, 5) is 64.3. The molecule has 4 amide bonds. The monoisotopic (exact) mass is 668 g/mol. The first-order valence-corrected chi connectivity index (χ1v) is 17.2.